The lowest BCUT2D eigenvalue weighted by atomic mass is 9.97. The van der Waals surface area contributed by atoms with Gasteiger partial charge in [0.15, 0.2) is 0 Å². The Morgan fingerprint density at radius 3 is 1.61 bits per heavy atom. The topological polar surface area (TPSA) is 4.93 Å². The van der Waals surface area contributed by atoms with Gasteiger partial charge in [-0.3, -0.25) is 0 Å². The minimum absolute atomic E-state index is 1.10. The van der Waals surface area contributed by atoms with Crippen LogP contribution in [0.3, 0.4) is 0 Å². The van der Waals surface area contributed by atoms with Crippen LogP contribution < -0.4 is 0 Å². The van der Waals surface area contributed by atoms with E-state index in [1.807, 2.05) is 0 Å². The van der Waals surface area contributed by atoms with Crippen molar-refractivity contribution in [3.05, 3.63) is 174 Å². The van der Waals surface area contributed by atoms with Crippen LogP contribution in [0.2, 0.25) is 0 Å². The molecule has 0 unspecified atom stereocenters. The van der Waals surface area contributed by atoms with E-state index < -0.39 is 0 Å². The van der Waals surface area contributed by atoms with Crippen LogP contribution in [-0.4, -0.2) is 4.57 Å². The van der Waals surface area contributed by atoms with Gasteiger partial charge in [-0.25, -0.2) is 0 Å². The smallest absolute Gasteiger partial charge is 0.0547 e. The molecule has 2 heteroatoms. The van der Waals surface area contributed by atoms with Crippen molar-refractivity contribution in [2.45, 2.75) is 0 Å². The first-order chi connectivity index (χ1) is 21.7. The van der Waals surface area contributed by atoms with E-state index in [2.05, 4.69) is 190 Å². The standard InChI is InChI=1S/C42H28BrN/c43-40-20-9-7-18-37(40)33-17-11-16-31(24-33)32-22-23-39-38-19-8-10-21-41(38)44(42(39)28-32)36-26-34(29-12-3-1-4-13-29)25-35(27-36)30-14-5-2-6-15-30/h1-28H. The summed E-state index contributed by atoms with van der Waals surface area (Å²) in [5.74, 6) is 0. The highest BCUT2D eigenvalue weighted by molar-refractivity contribution is 9.10. The van der Waals surface area contributed by atoms with Gasteiger partial charge in [0, 0.05) is 20.9 Å². The Morgan fingerprint density at radius 2 is 0.886 bits per heavy atom. The second-order valence-electron chi connectivity index (χ2n) is 11.1. The largest absolute Gasteiger partial charge is 0.309 e. The molecule has 44 heavy (non-hydrogen) atoms. The van der Waals surface area contributed by atoms with E-state index in [0.29, 0.717) is 0 Å². The molecule has 0 atom stereocenters. The van der Waals surface area contributed by atoms with E-state index in [-0.39, 0.29) is 0 Å². The van der Waals surface area contributed by atoms with Gasteiger partial charge in [0.25, 0.3) is 0 Å². The van der Waals surface area contributed by atoms with Gasteiger partial charge in [0.2, 0.25) is 0 Å². The van der Waals surface area contributed by atoms with Gasteiger partial charge in [0.1, 0.15) is 0 Å². The Bertz CT molecular complexity index is 2220. The van der Waals surface area contributed by atoms with E-state index in [9.17, 15) is 0 Å². The lowest BCUT2D eigenvalue weighted by Gasteiger charge is -2.14. The fraction of sp³-hybridized carbons (Fsp3) is 0. The van der Waals surface area contributed by atoms with Gasteiger partial charge in [-0.05, 0) is 87.0 Å². The summed E-state index contributed by atoms with van der Waals surface area (Å²) in [5.41, 5.74) is 13.1. The van der Waals surface area contributed by atoms with E-state index in [0.717, 1.165) is 10.2 Å². The van der Waals surface area contributed by atoms with Crippen LogP contribution in [0, 0.1) is 0 Å². The second kappa shape index (κ2) is 11.1. The Balaban J connectivity index is 1.37. The molecule has 1 aromatic heterocycles. The Morgan fingerprint density at radius 1 is 0.341 bits per heavy atom. The van der Waals surface area contributed by atoms with Crippen LogP contribution in [0.15, 0.2) is 174 Å². The molecule has 7 aromatic carbocycles. The number of fused-ring (bicyclic) bond motifs is 3. The zero-order valence-electron chi connectivity index (χ0n) is 24.0. The number of rotatable bonds is 5. The van der Waals surface area contributed by atoms with Crippen molar-refractivity contribution in [1.29, 1.82) is 0 Å². The lowest BCUT2D eigenvalue weighted by molar-refractivity contribution is 1.18. The van der Waals surface area contributed by atoms with Crippen LogP contribution >= 0.6 is 15.9 Å². The molecule has 1 heterocycles. The predicted molar refractivity (Wildman–Crippen MR) is 190 cm³/mol. The summed E-state index contributed by atoms with van der Waals surface area (Å²) in [7, 11) is 0. The Kier molecular flexibility index (Phi) is 6.70. The van der Waals surface area contributed by atoms with E-state index in [1.54, 1.807) is 0 Å². The summed E-state index contributed by atoms with van der Waals surface area (Å²) in [6.45, 7) is 0. The third-order valence-corrected chi connectivity index (χ3v) is 9.14. The molecule has 0 bridgehead atoms. The van der Waals surface area contributed by atoms with E-state index in [4.69, 9.17) is 0 Å². The Labute approximate surface area is 265 Å². The summed E-state index contributed by atoms with van der Waals surface area (Å²) < 4.78 is 3.53. The van der Waals surface area contributed by atoms with Gasteiger partial charge < -0.3 is 4.57 Å². The zero-order valence-corrected chi connectivity index (χ0v) is 25.6. The maximum absolute atomic E-state index is 3.74. The van der Waals surface area contributed by atoms with E-state index in [1.165, 1.54) is 66.3 Å². The van der Waals surface area contributed by atoms with E-state index >= 15 is 0 Å². The number of halogens is 1. The number of hydrogen-bond acceptors (Lipinski definition) is 0. The molecule has 0 N–H and O–H groups in total. The minimum atomic E-state index is 1.10. The Hall–Kier alpha value is -5.18. The molecule has 8 aromatic rings. The lowest BCUT2D eigenvalue weighted by Crippen LogP contribution is -1.96. The third kappa shape index (κ3) is 4.74. The summed E-state index contributed by atoms with van der Waals surface area (Å²) in [4.78, 5) is 0. The van der Waals surface area contributed by atoms with Crippen LogP contribution in [0.25, 0.3) is 72.0 Å². The quantitative estimate of drug-likeness (QED) is 0.179. The van der Waals surface area contributed by atoms with Gasteiger partial charge in [-0.2, -0.15) is 0 Å². The monoisotopic (exact) mass is 625 g/mol. The molecule has 8 rings (SSSR count). The molecular formula is C42H28BrN. The van der Waals surface area contributed by atoms with Gasteiger partial charge in [-0.15, -0.1) is 0 Å². The molecule has 1 nitrogen and oxygen atoms in total. The van der Waals surface area contributed by atoms with Crippen LogP contribution in [0.4, 0.5) is 0 Å². The minimum Gasteiger partial charge on any atom is -0.309 e. The summed E-state index contributed by atoms with van der Waals surface area (Å²) in [6.07, 6.45) is 0. The molecule has 0 amide bonds. The number of nitrogens with zero attached hydrogens (tertiary/aromatic N) is 1. The first-order valence-corrected chi connectivity index (χ1v) is 15.7. The summed E-state index contributed by atoms with van der Waals surface area (Å²) >= 11 is 3.74. The molecule has 0 saturated heterocycles. The molecule has 0 aliphatic carbocycles. The molecule has 208 valence electrons. The predicted octanol–water partition coefficient (Wildman–Crippen LogP) is 12.2. The average molecular weight is 627 g/mol. The maximum Gasteiger partial charge on any atom is 0.0547 e. The maximum atomic E-state index is 3.74. The van der Waals surface area contributed by atoms with Crippen molar-refractivity contribution in [3.8, 4) is 50.2 Å². The van der Waals surface area contributed by atoms with Crippen molar-refractivity contribution < 1.29 is 0 Å². The molecule has 0 fully saturated rings. The van der Waals surface area contributed by atoms with Crippen molar-refractivity contribution in [1.82, 2.24) is 4.57 Å². The number of benzene rings is 7. The molecular weight excluding hydrogens is 598 g/mol. The van der Waals surface area contributed by atoms with Crippen molar-refractivity contribution in [2.24, 2.45) is 0 Å². The molecule has 0 aliphatic rings. The molecule has 0 aliphatic heterocycles. The highest BCUT2D eigenvalue weighted by Gasteiger charge is 2.16. The van der Waals surface area contributed by atoms with Crippen molar-refractivity contribution in [3.63, 3.8) is 0 Å². The molecule has 0 saturated carbocycles. The van der Waals surface area contributed by atoms with Gasteiger partial charge >= 0.3 is 0 Å². The molecule has 0 radical (unpaired) electrons. The number of hydrogen-bond donors (Lipinski definition) is 0. The SMILES string of the molecule is Brc1ccccc1-c1cccc(-c2ccc3c4ccccc4n(-c4cc(-c5ccccc5)cc(-c5ccccc5)c4)c3c2)c1. The molecule has 0 spiro atoms. The first-order valence-electron chi connectivity index (χ1n) is 14.9. The van der Waals surface area contributed by atoms with Crippen LogP contribution in [-0.2, 0) is 0 Å². The normalized spacial score (nSPS) is 11.3. The zero-order chi connectivity index (χ0) is 29.5. The average Bonchev–Trinajstić information content (AvgIpc) is 3.43. The van der Waals surface area contributed by atoms with Gasteiger partial charge in [0.05, 0.1) is 11.0 Å². The summed E-state index contributed by atoms with van der Waals surface area (Å²) in [6, 6.07) is 61.2. The van der Waals surface area contributed by atoms with Crippen molar-refractivity contribution in [2.75, 3.05) is 0 Å². The third-order valence-electron chi connectivity index (χ3n) is 8.44. The fourth-order valence-corrected chi connectivity index (χ4v) is 6.84. The van der Waals surface area contributed by atoms with Gasteiger partial charge in [-0.1, -0.05) is 143 Å². The van der Waals surface area contributed by atoms with Crippen LogP contribution in [0.1, 0.15) is 0 Å². The number of aromatic nitrogens is 1. The highest BCUT2D eigenvalue weighted by atomic mass is 79.9. The highest BCUT2D eigenvalue weighted by Crippen LogP contribution is 2.38. The number of para-hydroxylation sites is 1. The second-order valence-corrected chi connectivity index (χ2v) is 12.0. The first kappa shape index (κ1) is 26.4. The fourth-order valence-electron chi connectivity index (χ4n) is 6.32. The summed E-state index contributed by atoms with van der Waals surface area (Å²) in [5, 5.41) is 2.50. The van der Waals surface area contributed by atoms with Crippen molar-refractivity contribution >= 4 is 37.7 Å². The van der Waals surface area contributed by atoms with Crippen LogP contribution in [0.5, 0.6) is 0 Å².